The third-order valence-corrected chi connectivity index (χ3v) is 4.44. The minimum Gasteiger partial charge on any atom is -0.347 e. The molecule has 0 aliphatic rings. The van der Waals surface area contributed by atoms with E-state index in [4.69, 9.17) is 0 Å². The van der Waals surface area contributed by atoms with Gasteiger partial charge in [-0.25, -0.2) is 0 Å². The van der Waals surface area contributed by atoms with E-state index in [1.54, 1.807) is 6.07 Å². The number of carbonyl (C=O) groups excluding carboxylic acids is 1. The maximum Gasteiger partial charge on any atom is 0.261 e. The van der Waals surface area contributed by atoms with Gasteiger partial charge in [0.15, 0.2) is 0 Å². The number of rotatable bonds is 3. The van der Waals surface area contributed by atoms with Crippen LogP contribution < -0.4 is 10.9 Å². The lowest BCUT2D eigenvalue weighted by atomic mass is 10.0. The first kappa shape index (κ1) is 14.5. The number of aryl methyl sites for hydroxylation is 2. The fourth-order valence-corrected chi connectivity index (χ4v) is 3.16. The van der Waals surface area contributed by atoms with Crippen molar-refractivity contribution in [2.75, 3.05) is 0 Å². The number of hydrogen-bond donors (Lipinski definition) is 2. The van der Waals surface area contributed by atoms with Gasteiger partial charge in [-0.2, -0.15) is 0 Å². The van der Waals surface area contributed by atoms with Gasteiger partial charge in [0.1, 0.15) is 0 Å². The first-order chi connectivity index (χ1) is 10.5. The Kier molecular flexibility index (Phi) is 3.81. The molecule has 2 aromatic heterocycles. The topological polar surface area (TPSA) is 62.0 Å². The third-order valence-electron chi connectivity index (χ3n) is 3.57. The van der Waals surface area contributed by atoms with Gasteiger partial charge in [0.05, 0.1) is 4.88 Å². The van der Waals surface area contributed by atoms with Crippen LogP contribution in [0.25, 0.3) is 10.9 Å². The molecule has 22 heavy (non-hydrogen) atoms. The fourth-order valence-electron chi connectivity index (χ4n) is 2.52. The lowest BCUT2D eigenvalue weighted by Crippen LogP contribution is -2.26. The van der Waals surface area contributed by atoms with E-state index < -0.39 is 0 Å². The smallest absolute Gasteiger partial charge is 0.261 e. The number of fused-ring (bicyclic) bond motifs is 1. The Balaban J connectivity index is 1.89. The Hall–Kier alpha value is -2.40. The molecule has 0 unspecified atom stereocenters. The zero-order valence-corrected chi connectivity index (χ0v) is 13.2. The molecule has 0 saturated heterocycles. The molecular formula is C17H16N2O2S. The van der Waals surface area contributed by atoms with E-state index in [-0.39, 0.29) is 18.0 Å². The summed E-state index contributed by atoms with van der Waals surface area (Å²) >= 11 is 1.38. The Bertz CT molecular complexity index is 895. The molecule has 2 heterocycles. The minimum absolute atomic E-state index is 0.157. The highest BCUT2D eigenvalue weighted by Gasteiger charge is 2.09. The number of pyridine rings is 1. The Morgan fingerprint density at radius 2 is 2.09 bits per heavy atom. The van der Waals surface area contributed by atoms with E-state index in [9.17, 15) is 9.59 Å². The summed E-state index contributed by atoms with van der Waals surface area (Å²) in [4.78, 5) is 27.6. The molecule has 0 spiro atoms. The number of H-pyrrole nitrogens is 1. The van der Waals surface area contributed by atoms with E-state index >= 15 is 0 Å². The van der Waals surface area contributed by atoms with Gasteiger partial charge in [-0.05, 0) is 48.6 Å². The van der Waals surface area contributed by atoms with Gasteiger partial charge in [-0.1, -0.05) is 12.1 Å². The quantitative estimate of drug-likeness (QED) is 0.780. The maximum atomic E-state index is 12.2. The van der Waals surface area contributed by atoms with E-state index in [1.165, 1.54) is 11.3 Å². The van der Waals surface area contributed by atoms with Crippen molar-refractivity contribution in [2.45, 2.75) is 20.4 Å². The average Bonchev–Trinajstić information content (AvgIpc) is 2.99. The molecule has 0 aliphatic carbocycles. The number of aromatic amines is 1. The molecule has 0 fully saturated rings. The first-order valence-electron chi connectivity index (χ1n) is 6.99. The van der Waals surface area contributed by atoms with Crippen molar-refractivity contribution in [1.82, 2.24) is 10.3 Å². The van der Waals surface area contributed by atoms with Gasteiger partial charge >= 0.3 is 0 Å². The summed E-state index contributed by atoms with van der Waals surface area (Å²) in [7, 11) is 0. The van der Waals surface area contributed by atoms with Crippen molar-refractivity contribution in [3.8, 4) is 0 Å². The van der Waals surface area contributed by atoms with Gasteiger partial charge < -0.3 is 10.3 Å². The van der Waals surface area contributed by atoms with Crippen LogP contribution in [-0.4, -0.2) is 10.9 Å². The van der Waals surface area contributed by atoms with Gasteiger partial charge in [0.2, 0.25) is 0 Å². The van der Waals surface area contributed by atoms with E-state index in [1.807, 2.05) is 37.4 Å². The fraction of sp³-hybridized carbons (Fsp3) is 0.176. The number of benzene rings is 1. The SMILES string of the molecule is Cc1cc(C)c2cc(CNC(=O)c3cccs3)c(=O)[nH]c2c1. The molecule has 0 radical (unpaired) electrons. The molecular weight excluding hydrogens is 296 g/mol. The molecule has 2 N–H and O–H groups in total. The van der Waals surface area contributed by atoms with Gasteiger partial charge in [0, 0.05) is 23.0 Å². The van der Waals surface area contributed by atoms with Crippen molar-refractivity contribution >= 4 is 28.1 Å². The van der Waals surface area contributed by atoms with Crippen molar-refractivity contribution in [2.24, 2.45) is 0 Å². The molecule has 1 amide bonds. The van der Waals surface area contributed by atoms with Gasteiger partial charge in [-0.15, -0.1) is 11.3 Å². The Morgan fingerprint density at radius 3 is 2.82 bits per heavy atom. The van der Waals surface area contributed by atoms with Crippen LogP contribution in [0.4, 0.5) is 0 Å². The molecule has 5 heteroatoms. The Labute approximate surface area is 131 Å². The molecule has 3 rings (SSSR count). The molecule has 0 aliphatic heterocycles. The zero-order valence-electron chi connectivity index (χ0n) is 12.4. The van der Waals surface area contributed by atoms with Crippen LogP contribution in [-0.2, 0) is 6.54 Å². The lowest BCUT2D eigenvalue weighted by molar-refractivity contribution is 0.0955. The number of amides is 1. The van der Waals surface area contributed by atoms with Gasteiger partial charge in [-0.3, -0.25) is 9.59 Å². The predicted molar refractivity (Wildman–Crippen MR) is 89.5 cm³/mol. The maximum absolute atomic E-state index is 12.2. The van der Waals surface area contributed by atoms with Crippen molar-refractivity contribution in [1.29, 1.82) is 0 Å². The third kappa shape index (κ3) is 2.80. The standard InChI is InChI=1S/C17H16N2O2S/c1-10-6-11(2)13-8-12(16(20)19-14(13)7-10)9-18-17(21)15-4-3-5-22-15/h3-8H,9H2,1-2H3,(H,18,21)(H,19,20). The molecule has 4 nitrogen and oxygen atoms in total. The second kappa shape index (κ2) is 5.77. The summed E-state index contributed by atoms with van der Waals surface area (Å²) in [5.41, 5.74) is 3.45. The number of thiophene rings is 1. The second-order valence-electron chi connectivity index (χ2n) is 5.33. The van der Waals surface area contributed by atoms with Crippen LogP contribution >= 0.6 is 11.3 Å². The summed E-state index contributed by atoms with van der Waals surface area (Å²) in [6, 6.07) is 9.48. The second-order valence-corrected chi connectivity index (χ2v) is 6.27. The van der Waals surface area contributed by atoms with Crippen molar-refractivity contribution in [3.05, 3.63) is 67.6 Å². The zero-order chi connectivity index (χ0) is 15.7. The van der Waals surface area contributed by atoms with Crippen LogP contribution in [0.15, 0.2) is 40.5 Å². The van der Waals surface area contributed by atoms with Crippen molar-refractivity contribution < 1.29 is 4.79 Å². The molecule has 0 saturated carbocycles. The number of carbonyl (C=O) groups is 1. The van der Waals surface area contributed by atoms with Crippen LogP contribution in [0.2, 0.25) is 0 Å². The summed E-state index contributed by atoms with van der Waals surface area (Å²) in [6.07, 6.45) is 0. The lowest BCUT2D eigenvalue weighted by Gasteiger charge is -2.08. The minimum atomic E-state index is -0.163. The highest BCUT2D eigenvalue weighted by molar-refractivity contribution is 7.12. The van der Waals surface area contributed by atoms with Crippen LogP contribution in [0.5, 0.6) is 0 Å². The molecule has 0 atom stereocenters. The van der Waals surface area contributed by atoms with Crippen LogP contribution in [0, 0.1) is 13.8 Å². The molecule has 0 bridgehead atoms. The van der Waals surface area contributed by atoms with E-state index in [0.717, 1.165) is 22.0 Å². The largest absolute Gasteiger partial charge is 0.347 e. The first-order valence-corrected chi connectivity index (χ1v) is 7.87. The predicted octanol–water partition coefficient (Wildman–Crippen LogP) is 3.14. The van der Waals surface area contributed by atoms with E-state index in [0.29, 0.717) is 10.4 Å². The summed E-state index contributed by atoms with van der Waals surface area (Å²) < 4.78 is 0. The summed E-state index contributed by atoms with van der Waals surface area (Å²) in [6.45, 7) is 4.23. The molecule has 3 aromatic rings. The molecule has 112 valence electrons. The highest BCUT2D eigenvalue weighted by atomic mass is 32.1. The summed E-state index contributed by atoms with van der Waals surface area (Å²) in [5, 5.41) is 5.64. The average molecular weight is 312 g/mol. The number of aromatic nitrogens is 1. The van der Waals surface area contributed by atoms with E-state index in [2.05, 4.69) is 16.4 Å². The summed E-state index contributed by atoms with van der Waals surface area (Å²) in [5.74, 6) is -0.157. The number of nitrogens with one attached hydrogen (secondary N) is 2. The van der Waals surface area contributed by atoms with Gasteiger partial charge in [0.25, 0.3) is 11.5 Å². The molecule has 1 aromatic carbocycles. The highest BCUT2D eigenvalue weighted by Crippen LogP contribution is 2.18. The van der Waals surface area contributed by atoms with Crippen LogP contribution in [0.1, 0.15) is 26.4 Å². The monoisotopic (exact) mass is 312 g/mol. The Morgan fingerprint density at radius 1 is 1.27 bits per heavy atom. The normalized spacial score (nSPS) is 10.8. The van der Waals surface area contributed by atoms with Crippen molar-refractivity contribution in [3.63, 3.8) is 0 Å². The van der Waals surface area contributed by atoms with Crippen LogP contribution in [0.3, 0.4) is 0 Å². The number of hydrogen-bond acceptors (Lipinski definition) is 3.